The molecular weight excluding hydrogens is 212 g/mol. The fraction of sp³-hybridized carbons (Fsp3) is 0.929. The van der Waals surface area contributed by atoms with Crippen molar-refractivity contribution in [2.75, 3.05) is 6.54 Å². The highest BCUT2D eigenvalue weighted by Gasteiger charge is 2.36. The van der Waals surface area contributed by atoms with Gasteiger partial charge >= 0.3 is 0 Å². The van der Waals surface area contributed by atoms with Gasteiger partial charge in [0.05, 0.1) is 5.54 Å². The Bertz CT molecular complexity index is 219. The van der Waals surface area contributed by atoms with Crippen molar-refractivity contribution in [3.05, 3.63) is 0 Å². The van der Waals surface area contributed by atoms with Crippen LogP contribution in [0, 0.1) is 0 Å². The molecule has 0 aliphatic heterocycles. The molecule has 3 nitrogen and oxygen atoms in total. The quantitative estimate of drug-likeness (QED) is 0.609. The van der Waals surface area contributed by atoms with E-state index in [2.05, 4.69) is 12.2 Å². The van der Waals surface area contributed by atoms with Gasteiger partial charge in [0.25, 0.3) is 0 Å². The molecule has 0 radical (unpaired) electrons. The lowest BCUT2D eigenvalue weighted by Gasteiger charge is -2.41. The average Bonchev–Trinajstić information content (AvgIpc) is 2.28. The molecule has 0 spiro atoms. The molecule has 0 bridgehead atoms. The molecule has 0 saturated heterocycles. The molecule has 1 fully saturated rings. The maximum atomic E-state index is 11.7. The Hall–Kier alpha value is -0.570. The van der Waals surface area contributed by atoms with Gasteiger partial charge < -0.3 is 11.1 Å². The molecule has 0 aromatic rings. The molecule has 0 aromatic heterocycles. The lowest BCUT2D eigenvalue weighted by Crippen LogP contribution is -2.58. The second-order valence-corrected chi connectivity index (χ2v) is 5.40. The number of rotatable bonds is 9. The largest absolute Gasteiger partial charge is 0.349 e. The number of hydrogen-bond acceptors (Lipinski definition) is 2. The minimum absolute atomic E-state index is 0.0424. The Kier molecular flexibility index (Phi) is 6.56. The summed E-state index contributed by atoms with van der Waals surface area (Å²) in [4.78, 5) is 11.7. The van der Waals surface area contributed by atoms with Crippen LogP contribution in [0.25, 0.3) is 0 Å². The number of amides is 1. The van der Waals surface area contributed by atoms with Crippen molar-refractivity contribution in [3.8, 4) is 0 Å². The van der Waals surface area contributed by atoms with Crippen molar-refractivity contribution in [1.29, 1.82) is 0 Å². The van der Waals surface area contributed by atoms with Gasteiger partial charge in [-0.15, -0.1) is 0 Å². The van der Waals surface area contributed by atoms with Crippen LogP contribution in [0.4, 0.5) is 0 Å². The standard InChI is InChI=1S/C14H28N2O/c1-2-3-4-5-6-7-9-13(17)16-14(12-15)10-8-11-14/h2-12,15H2,1H3,(H,16,17). The molecule has 1 amide bonds. The highest BCUT2D eigenvalue weighted by Crippen LogP contribution is 2.30. The first-order valence-corrected chi connectivity index (χ1v) is 7.23. The predicted octanol–water partition coefficient (Wildman–Crippen LogP) is 2.73. The van der Waals surface area contributed by atoms with Crippen LogP contribution in [-0.2, 0) is 4.79 Å². The van der Waals surface area contributed by atoms with Crippen LogP contribution < -0.4 is 11.1 Å². The zero-order valence-electron chi connectivity index (χ0n) is 11.3. The third-order valence-electron chi connectivity index (χ3n) is 3.86. The highest BCUT2D eigenvalue weighted by molar-refractivity contribution is 5.76. The van der Waals surface area contributed by atoms with E-state index in [1.807, 2.05) is 0 Å². The van der Waals surface area contributed by atoms with E-state index in [9.17, 15) is 4.79 Å². The van der Waals surface area contributed by atoms with Crippen molar-refractivity contribution < 1.29 is 4.79 Å². The SMILES string of the molecule is CCCCCCCCC(=O)NC1(CN)CCC1. The molecule has 1 aliphatic rings. The number of carbonyl (C=O) groups excluding carboxylic acids is 1. The van der Waals surface area contributed by atoms with Crippen LogP contribution in [0.2, 0.25) is 0 Å². The first-order chi connectivity index (χ1) is 8.22. The highest BCUT2D eigenvalue weighted by atomic mass is 16.1. The van der Waals surface area contributed by atoms with E-state index in [0.717, 1.165) is 19.3 Å². The molecule has 3 heteroatoms. The van der Waals surface area contributed by atoms with E-state index >= 15 is 0 Å². The lowest BCUT2D eigenvalue weighted by molar-refractivity contribution is -0.124. The topological polar surface area (TPSA) is 55.1 Å². The van der Waals surface area contributed by atoms with E-state index in [-0.39, 0.29) is 11.4 Å². The van der Waals surface area contributed by atoms with Crippen LogP contribution in [-0.4, -0.2) is 18.0 Å². The van der Waals surface area contributed by atoms with Crippen LogP contribution in [0.5, 0.6) is 0 Å². The van der Waals surface area contributed by atoms with Crippen LogP contribution >= 0.6 is 0 Å². The Morgan fingerprint density at radius 3 is 2.35 bits per heavy atom. The molecule has 0 aromatic carbocycles. The van der Waals surface area contributed by atoms with Crippen molar-refractivity contribution in [3.63, 3.8) is 0 Å². The number of nitrogens with one attached hydrogen (secondary N) is 1. The van der Waals surface area contributed by atoms with Crippen molar-refractivity contribution in [2.45, 2.75) is 76.7 Å². The van der Waals surface area contributed by atoms with Gasteiger partial charge in [-0.2, -0.15) is 0 Å². The third-order valence-corrected chi connectivity index (χ3v) is 3.86. The fourth-order valence-electron chi connectivity index (χ4n) is 2.41. The molecule has 0 heterocycles. The first kappa shape index (κ1) is 14.5. The monoisotopic (exact) mass is 240 g/mol. The third kappa shape index (κ3) is 5.07. The van der Waals surface area contributed by atoms with Gasteiger partial charge in [0.15, 0.2) is 0 Å². The summed E-state index contributed by atoms with van der Waals surface area (Å²) in [5.41, 5.74) is 5.67. The number of nitrogens with two attached hydrogens (primary N) is 1. The minimum atomic E-state index is -0.0424. The number of hydrogen-bond donors (Lipinski definition) is 2. The summed E-state index contributed by atoms with van der Waals surface area (Å²) in [6, 6.07) is 0. The number of unbranched alkanes of at least 4 members (excludes halogenated alkanes) is 5. The zero-order chi connectivity index (χ0) is 12.6. The maximum Gasteiger partial charge on any atom is 0.220 e. The van der Waals surface area contributed by atoms with Gasteiger partial charge in [0.1, 0.15) is 0 Å². The van der Waals surface area contributed by atoms with Gasteiger partial charge in [0, 0.05) is 13.0 Å². The summed E-state index contributed by atoms with van der Waals surface area (Å²) in [5, 5.41) is 3.12. The summed E-state index contributed by atoms with van der Waals surface area (Å²) in [6.07, 6.45) is 11.4. The van der Waals surface area contributed by atoms with Gasteiger partial charge in [-0.05, 0) is 25.7 Å². The van der Waals surface area contributed by atoms with E-state index in [1.165, 1.54) is 38.5 Å². The summed E-state index contributed by atoms with van der Waals surface area (Å²) in [7, 11) is 0. The summed E-state index contributed by atoms with van der Waals surface area (Å²) in [6.45, 7) is 2.81. The summed E-state index contributed by atoms with van der Waals surface area (Å²) >= 11 is 0. The van der Waals surface area contributed by atoms with Gasteiger partial charge in [0.2, 0.25) is 5.91 Å². The van der Waals surface area contributed by atoms with E-state index in [1.54, 1.807) is 0 Å². The molecule has 17 heavy (non-hydrogen) atoms. The maximum absolute atomic E-state index is 11.7. The van der Waals surface area contributed by atoms with Crippen molar-refractivity contribution in [1.82, 2.24) is 5.32 Å². The molecule has 1 saturated carbocycles. The summed E-state index contributed by atoms with van der Waals surface area (Å²) in [5.74, 6) is 0.200. The van der Waals surface area contributed by atoms with Crippen LogP contribution in [0.1, 0.15) is 71.1 Å². The smallest absolute Gasteiger partial charge is 0.220 e. The van der Waals surface area contributed by atoms with Crippen LogP contribution in [0.15, 0.2) is 0 Å². The first-order valence-electron chi connectivity index (χ1n) is 7.23. The van der Waals surface area contributed by atoms with E-state index in [4.69, 9.17) is 5.73 Å². The van der Waals surface area contributed by atoms with Crippen molar-refractivity contribution >= 4 is 5.91 Å². The Morgan fingerprint density at radius 2 is 1.82 bits per heavy atom. The van der Waals surface area contributed by atoms with Gasteiger partial charge in [-0.25, -0.2) is 0 Å². The Morgan fingerprint density at radius 1 is 1.18 bits per heavy atom. The minimum Gasteiger partial charge on any atom is -0.349 e. The van der Waals surface area contributed by atoms with E-state index < -0.39 is 0 Å². The number of carbonyl (C=O) groups is 1. The van der Waals surface area contributed by atoms with E-state index in [0.29, 0.717) is 13.0 Å². The van der Waals surface area contributed by atoms with Crippen molar-refractivity contribution in [2.24, 2.45) is 5.73 Å². The molecule has 100 valence electrons. The average molecular weight is 240 g/mol. The van der Waals surface area contributed by atoms with Crippen LogP contribution in [0.3, 0.4) is 0 Å². The molecule has 3 N–H and O–H groups in total. The van der Waals surface area contributed by atoms with Gasteiger partial charge in [-0.1, -0.05) is 39.0 Å². The second kappa shape index (κ2) is 7.70. The van der Waals surface area contributed by atoms with Gasteiger partial charge in [-0.3, -0.25) is 4.79 Å². The molecule has 0 atom stereocenters. The second-order valence-electron chi connectivity index (χ2n) is 5.40. The lowest BCUT2D eigenvalue weighted by atomic mass is 9.76. The molecule has 1 rings (SSSR count). The Labute approximate surface area is 106 Å². The fourth-order valence-corrected chi connectivity index (χ4v) is 2.41. The normalized spacial score (nSPS) is 17.5. The molecular formula is C14H28N2O. The Balaban J connectivity index is 2.01. The predicted molar refractivity (Wildman–Crippen MR) is 71.8 cm³/mol. The summed E-state index contributed by atoms with van der Waals surface area (Å²) < 4.78 is 0. The molecule has 1 aliphatic carbocycles. The molecule has 0 unspecified atom stereocenters. The zero-order valence-corrected chi connectivity index (χ0v) is 11.3.